The van der Waals surface area contributed by atoms with Crippen molar-refractivity contribution in [3.63, 3.8) is 0 Å². The summed E-state index contributed by atoms with van der Waals surface area (Å²) in [5.41, 5.74) is -1.28. The predicted octanol–water partition coefficient (Wildman–Crippen LogP) is 16.1. The molecule has 13 aromatic carbocycles. The van der Waals surface area contributed by atoms with Gasteiger partial charge in [0.15, 0.2) is 49.2 Å². The van der Waals surface area contributed by atoms with E-state index in [1.54, 1.807) is 224 Å². The minimum atomic E-state index is -2.45. The van der Waals surface area contributed by atoms with E-state index in [1.165, 1.54) is 172 Å². The summed E-state index contributed by atoms with van der Waals surface area (Å²) < 4.78 is 122. The van der Waals surface area contributed by atoms with Crippen molar-refractivity contribution in [1.29, 1.82) is 0 Å². The highest BCUT2D eigenvalue weighted by molar-refractivity contribution is 5.95. The largest absolute Gasteiger partial charge is 0.497 e. The Kier molecular flexibility index (Phi) is 31.0. The van der Waals surface area contributed by atoms with Crippen LogP contribution >= 0.6 is 0 Å². The summed E-state index contributed by atoms with van der Waals surface area (Å²) in [5, 5.41) is 0. The number of carbonyl (C=O) groups is 10. The van der Waals surface area contributed by atoms with E-state index in [2.05, 4.69) is 0 Å². The second-order valence-electron chi connectivity index (χ2n) is 31.5. The molecule has 0 radical (unpaired) electrons. The Morgan fingerprint density at radius 1 is 0.212 bits per heavy atom. The molecule has 3 saturated heterocycles. The summed E-state index contributed by atoms with van der Waals surface area (Å²) in [6.07, 6.45) is -33.0. The lowest BCUT2D eigenvalue weighted by Crippen LogP contribution is -2.69. The Balaban J connectivity index is 0.953. The summed E-state index contributed by atoms with van der Waals surface area (Å²) in [6.45, 7) is -2.72. The molecule has 16 rings (SSSR count). The first-order valence-electron chi connectivity index (χ1n) is 43.8. The number of methoxy groups -OCH3 is 2. The summed E-state index contributed by atoms with van der Waals surface area (Å²) in [5.74, 6) is -10.1. The highest BCUT2D eigenvalue weighted by Gasteiger charge is 2.62. The molecule has 0 bridgehead atoms. The van der Waals surface area contributed by atoms with Crippen LogP contribution in [0.1, 0.15) is 120 Å². The zero-order valence-corrected chi connectivity index (χ0v) is 73.6. The maximum atomic E-state index is 16.2. The van der Waals surface area contributed by atoms with E-state index < -0.39 is 177 Å². The van der Waals surface area contributed by atoms with Crippen LogP contribution in [0.5, 0.6) is 11.5 Å². The van der Waals surface area contributed by atoms with Crippen LogP contribution in [0.25, 0.3) is 0 Å². The first-order valence-corrected chi connectivity index (χ1v) is 43.8. The number of rotatable bonds is 34. The molecule has 3 aliphatic rings. The molecule has 0 N–H and O–H groups in total. The van der Waals surface area contributed by atoms with Crippen LogP contribution in [0.2, 0.25) is 0 Å². The molecule has 0 spiro atoms. The van der Waals surface area contributed by atoms with Crippen molar-refractivity contribution in [2.24, 2.45) is 0 Å². The van der Waals surface area contributed by atoms with Gasteiger partial charge in [0, 0.05) is 0 Å². The molecule has 0 aromatic heterocycles. The standard InChI is InChI=1S/C109H90O28/c1-120-82-62-58-80(59-63-82)109(79-56-34-13-35-57-79,81-60-64-83(121-2)65-61-81)124-68-86-88(129-99(113)72-42-20-6-21-43-72)92(136-107-93(132-102(116)75-48-26-9-27-49-75)90(130-100(114)73-44-22-7-23-45-73)87(128-98(112)71-40-18-5-19-41-71)84(125-107)66-122-96(110)69-36-14-3-15-37-69)95(134-104(118)77-52-30-11-31-53-77)106(127-86)135-89-85(67-123-97(111)70-38-16-4-17-39-70)126-108(137-105(119)78-54-32-12-33-55-78)94(133-103(117)76-50-28-10-29-51-76)91(89)131-101(115)74-46-24-8-25-47-74/h3-65,84-95,106-108H,66-68H2,1-2H3/t84-,85-,86-,87+,88+,89-,90+,91+,92+,93-,94+,95-,106+,107+,108-/m1/s1. The van der Waals surface area contributed by atoms with E-state index in [0.29, 0.717) is 28.2 Å². The van der Waals surface area contributed by atoms with Crippen molar-refractivity contribution in [2.45, 2.75) is 97.7 Å². The van der Waals surface area contributed by atoms with Crippen LogP contribution in [0.4, 0.5) is 0 Å². The molecule has 28 heteroatoms. The van der Waals surface area contributed by atoms with Gasteiger partial charge in [-0.15, -0.1) is 0 Å². The Hall–Kier alpha value is -16.1. The number of carbonyl (C=O) groups excluding carboxylic acids is 10. The van der Waals surface area contributed by atoms with Gasteiger partial charge in [0.05, 0.1) is 76.5 Å². The van der Waals surface area contributed by atoms with Crippen LogP contribution in [-0.2, 0) is 81.4 Å². The lowest BCUT2D eigenvalue weighted by atomic mass is 9.80. The monoisotopic (exact) mass is 1850 g/mol. The summed E-state index contributed by atoms with van der Waals surface area (Å²) in [6, 6.07) is 98.6. The third-order valence-corrected chi connectivity index (χ3v) is 22.8. The van der Waals surface area contributed by atoms with Gasteiger partial charge in [0.2, 0.25) is 12.4 Å². The lowest BCUT2D eigenvalue weighted by Gasteiger charge is -2.51. The normalized spacial score (nSPS) is 21.1. The fraction of sp³-hybridized carbons (Fsp3) is 0.193. The highest BCUT2D eigenvalue weighted by atomic mass is 16.8. The number of esters is 10. The molecule has 3 aliphatic heterocycles. The smallest absolute Gasteiger partial charge is 0.340 e. The van der Waals surface area contributed by atoms with E-state index in [0.717, 1.165) is 0 Å². The molecule has 137 heavy (non-hydrogen) atoms. The SMILES string of the molecule is COc1ccc(C(OC[C@H]2O[C@@H](O[C@H]3[C@H](OC(=O)c4ccccc4)[C@H](OC(=O)c4ccccc4)[C@@H](OC(=O)c4ccccc4)O[C@@H]3COC(=O)c3ccccc3)[C@H](OC(=O)c3ccccc3)[C@@H](O[C@@H]3O[C@H](COC(=O)c4ccccc4)[C@H](OC(=O)c4ccccc4)[C@H](OC(=O)c4ccccc4)[C@H]3OC(=O)c3ccccc3)[C@H]2OC(=O)c2ccccc2)(c2ccccc2)c2ccc(OC)cc2)cc1. The third-order valence-electron chi connectivity index (χ3n) is 22.8. The molecule has 0 aliphatic carbocycles. The minimum Gasteiger partial charge on any atom is -0.497 e. The highest BCUT2D eigenvalue weighted by Crippen LogP contribution is 2.46. The first-order chi connectivity index (χ1) is 67.0. The third kappa shape index (κ3) is 22.9. The Morgan fingerprint density at radius 3 is 0.730 bits per heavy atom. The molecule has 3 fully saturated rings. The number of ether oxygens (including phenoxy) is 18. The maximum absolute atomic E-state index is 16.2. The van der Waals surface area contributed by atoms with Gasteiger partial charge in [0.1, 0.15) is 60.8 Å². The van der Waals surface area contributed by atoms with Crippen molar-refractivity contribution < 1.29 is 133 Å². The van der Waals surface area contributed by atoms with Gasteiger partial charge in [-0.05, 0) is 162 Å². The van der Waals surface area contributed by atoms with Crippen molar-refractivity contribution in [3.8, 4) is 11.5 Å². The van der Waals surface area contributed by atoms with Crippen LogP contribution in [-0.4, -0.2) is 186 Å². The first kappa shape index (κ1) is 94.1. The van der Waals surface area contributed by atoms with Crippen molar-refractivity contribution in [2.75, 3.05) is 34.0 Å². The van der Waals surface area contributed by atoms with Gasteiger partial charge >= 0.3 is 59.7 Å². The van der Waals surface area contributed by atoms with Gasteiger partial charge in [-0.2, -0.15) is 0 Å². The van der Waals surface area contributed by atoms with E-state index in [9.17, 15) is 14.4 Å². The van der Waals surface area contributed by atoms with Gasteiger partial charge in [0.25, 0.3) is 0 Å². The lowest BCUT2D eigenvalue weighted by molar-refractivity contribution is -0.376. The predicted molar refractivity (Wildman–Crippen MR) is 489 cm³/mol. The zero-order valence-electron chi connectivity index (χ0n) is 73.6. The van der Waals surface area contributed by atoms with Crippen molar-refractivity contribution in [3.05, 3.63) is 455 Å². The fourth-order valence-electron chi connectivity index (χ4n) is 15.9. The Morgan fingerprint density at radius 2 is 0.423 bits per heavy atom. The fourth-order valence-corrected chi connectivity index (χ4v) is 15.9. The average Bonchev–Trinajstić information content (AvgIpc) is 0.743. The molecule has 0 amide bonds. The van der Waals surface area contributed by atoms with Gasteiger partial charge in [-0.3, -0.25) is 0 Å². The van der Waals surface area contributed by atoms with Gasteiger partial charge < -0.3 is 85.3 Å². The molecular formula is C109H90O28. The Bertz CT molecular complexity index is 6180. The van der Waals surface area contributed by atoms with E-state index in [4.69, 9.17) is 85.3 Å². The molecule has 0 saturated carbocycles. The molecular weight excluding hydrogens is 1760 g/mol. The zero-order chi connectivity index (χ0) is 95.0. The molecule has 13 aromatic rings. The van der Waals surface area contributed by atoms with E-state index in [-0.39, 0.29) is 55.6 Å². The molecule has 694 valence electrons. The van der Waals surface area contributed by atoms with Crippen LogP contribution in [0.3, 0.4) is 0 Å². The second kappa shape index (κ2) is 45.1. The molecule has 28 nitrogen and oxygen atoms in total. The van der Waals surface area contributed by atoms with Gasteiger partial charge in [-0.25, -0.2) is 47.9 Å². The average molecular weight is 1850 g/mol. The maximum Gasteiger partial charge on any atom is 0.340 e. The molecule has 15 atom stereocenters. The van der Waals surface area contributed by atoms with Crippen LogP contribution in [0.15, 0.2) is 382 Å². The second-order valence-corrected chi connectivity index (χ2v) is 31.5. The van der Waals surface area contributed by atoms with E-state index in [1.807, 2.05) is 0 Å². The molecule has 3 heterocycles. The van der Waals surface area contributed by atoms with Crippen LogP contribution in [0, 0.1) is 0 Å². The van der Waals surface area contributed by atoms with E-state index >= 15 is 33.6 Å². The summed E-state index contributed by atoms with van der Waals surface area (Å²) in [7, 11) is 2.99. The minimum absolute atomic E-state index is 0.0138. The number of benzene rings is 13. The van der Waals surface area contributed by atoms with Gasteiger partial charge in [-0.1, -0.05) is 237 Å². The Labute approximate surface area is 786 Å². The van der Waals surface area contributed by atoms with Crippen molar-refractivity contribution >= 4 is 59.7 Å². The van der Waals surface area contributed by atoms with Crippen LogP contribution < -0.4 is 9.47 Å². The quantitative estimate of drug-likeness (QED) is 0.0205. The number of hydrogen-bond acceptors (Lipinski definition) is 28. The summed E-state index contributed by atoms with van der Waals surface area (Å²) in [4.78, 5) is 154. The molecule has 0 unspecified atom stereocenters. The topological polar surface area (TPSA) is 337 Å². The number of hydrogen-bond donors (Lipinski definition) is 0. The summed E-state index contributed by atoms with van der Waals surface area (Å²) >= 11 is 0. The van der Waals surface area contributed by atoms with Crippen molar-refractivity contribution in [1.82, 2.24) is 0 Å².